The van der Waals surface area contributed by atoms with Crippen LogP contribution in [-0.4, -0.2) is 23.7 Å². The lowest BCUT2D eigenvalue weighted by Gasteiger charge is -2.06. The number of nitrogens with one attached hydrogen (secondary N) is 1. The zero-order valence-electron chi connectivity index (χ0n) is 13.2. The van der Waals surface area contributed by atoms with Gasteiger partial charge in [-0.1, -0.05) is 12.1 Å². The predicted octanol–water partition coefficient (Wildman–Crippen LogP) is 4.48. The van der Waals surface area contributed by atoms with Crippen LogP contribution in [0.4, 0.5) is 5.69 Å². The van der Waals surface area contributed by atoms with Crippen LogP contribution >= 0.6 is 23.5 Å². The van der Waals surface area contributed by atoms with Gasteiger partial charge in [-0.2, -0.15) is 0 Å². The van der Waals surface area contributed by atoms with E-state index in [9.17, 15) is 9.59 Å². The molecule has 1 amide bonds. The van der Waals surface area contributed by atoms with Crippen LogP contribution in [0.2, 0.25) is 0 Å². The van der Waals surface area contributed by atoms with Crippen LogP contribution in [0.3, 0.4) is 0 Å². The summed E-state index contributed by atoms with van der Waals surface area (Å²) in [6.45, 7) is 1.52. The molecule has 2 aromatic carbocycles. The summed E-state index contributed by atoms with van der Waals surface area (Å²) in [6, 6.07) is 15.3. The maximum atomic E-state index is 11.9. The van der Waals surface area contributed by atoms with E-state index in [1.54, 1.807) is 47.8 Å². The third-order valence-electron chi connectivity index (χ3n) is 3.24. The fourth-order valence-electron chi connectivity index (χ4n) is 1.97. The Labute approximate surface area is 145 Å². The smallest absolute Gasteiger partial charge is 0.234 e. The van der Waals surface area contributed by atoms with E-state index in [-0.39, 0.29) is 11.7 Å². The molecule has 0 unspecified atom stereocenters. The van der Waals surface area contributed by atoms with Crippen molar-refractivity contribution in [2.45, 2.75) is 17.6 Å². The minimum atomic E-state index is -0.0358. The number of thioether (sulfide) groups is 2. The van der Waals surface area contributed by atoms with Crippen molar-refractivity contribution in [3.63, 3.8) is 0 Å². The molecule has 0 saturated carbocycles. The maximum Gasteiger partial charge on any atom is 0.234 e. The molecule has 2 aromatic rings. The Balaban J connectivity index is 1.77. The fraction of sp³-hybridized carbons (Fsp3) is 0.222. The number of hydrogen-bond donors (Lipinski definition) is 1. The Hall–Kier alpha value is -1.72. The first-order chi connectivity index (χ1) is 11.1. The van der Waals surface area contributed by atoms with Gasteiger partial charge >= 0.3 is 0 Å². The van der Waals surface area contributed by atoms with Crippen LogP contribution in [-0.2, 0) is 10.5 Å². The molecule has 2 rings (SSSR count). The van der Waals surface area contributed by atoms with Crippen molar-refractivity contribution in [1.82, 2.24) is 0 Å². The summed E-state index contributed by atoms with van der Waals surface area (Å²) in [5.74, 6) is 1.20. The normalized spacial score (nSPS) is 10.3. The first-order valence-corrected chi connectivity index (χ1v) is 9.58. The van der Waals surface area contributed by atoms with Crippen molar-refractivity contribution in [3.8, 4) is 0 Å². The quantitative estimate of drug-likeness (QED) is 0.593. The van der Waals surface area contributed by atoms with Crippen molar-refractivity contribution in [2.24, 2.45) is 0 Å². The van der Waals surface area contributed by atoms with Gasteiger partial charge in [0.1, 0.15) is 0 Å². The van der Waals surface area contributed by atoms with Crippen LogP contribution in [0, 0.1) is 0 Å². The van der Waals surface area contributed by atoms with Crippen molar-refractivity contribution >= 4 is 40.9 Å². The summed E-state index contributed by atoms with van der Waals surface area (Å²) in [5.41, 5.74) is 2.57. The topological polar surface area (TPSA) is 46.2 Å². The lowest BCUT2D eigenvalue weighted by molar-refractivity contribution is -0.113. The SMILES string of the molecule is CSc1ccc(CSCC(=O)Nc2ccc(C(C)=O)cc2)cc1. The second kappa shape index (κ2) is 8.79. The van der Waals surface area contributed by atoms with E-state index in [4.69, 9.17) is 0 Å². The minimum absolute atomic E-state index is 0.0194. The highest BCUT2D eigenvalue weighted by molar-refractivity contribution is 7.99. The number of Topliss-reactive ketones (excluding diaryl/α,β-unsaturated/α-hetero) is 1. The number of ketones is 1. The predicted molar refractivity (Wildman–Crippen MR) is 99.5 cm³/mol. The molecule has 5 heteroatoms. The van der Waals surface area contributed by atoms with Gasteiger partial charge in [0.25, 0.3) is 0 Å². The molecule has 0 aromatic heterocycles. The van der Waals surface area contributed by atoms with E-state index in [0.29, 0.717) is 17.0 Å². The van der Waals surface area contributed by atoms with E-state index in [1.165, 1.54) is 17.4 Å². The van der Waals surface area contributed by atoms with Crippen LogP contribution in [0.5, 0.6) is 0 Å². The van der Waals surface area contributed by atoms with Gasteiger partial charge in [-0.15, -0.1) is 23.5 Å². The average molecular weight is 345 g/mol. The molecule has 23 heavy (non-hydrogen) atoms. The summed E-state index contributed by atoms with van der Waals surface area (Å²) < 4.78 is 0. The number of rotatable bonds is 7. The summed E-state index contributed by atoms with van der Waals surface area (Å²) in [5, 5.41) is 2.84. The molecule has 3 nitrogen and oxygen atoms in total. The number of hydrogen-bond acceptors (Lipinski definition) is 4. The molecule has 1 N–H and O–H groups in total. The maximum absolute atomic E-state index is 11.9. The van der Waals surface area contributed by atoms with Crippen LogP contribution < -0.4 is 5.32 Å². The molecule has 0 spiro atoms. The Kier molecular flexibility index (Phi) is 6.74. The lowest BCUT2D eigenvalue weighted by atomic mass is 10.1. The van der Waals surface area contributed by atoms with Gasteiger partial charge in [-0.3, -0.25) is 9.59 Å². The molecule has 0 aliphatic heterocycles. The van der Waals surface area contributed by atoms with E-state index >= 15 is 0 Å². The summed E-state index contributed by atoms with van der Waals surface area (Å²) in [6.07, 6.45) is 2.05. The number of anilines is 1. The molecule has 0 fully saturated rings. The van der Waals surface area contributed by atoms with Gasteiger partial charge in [0.2, 0.25) is 5.91 Å². The second-order valence-electron chi connectivity index (χ2n) is 5.02. The number of carbonyl (C=O) groups is 2. The van der Waals surface area contributed by atoms with Gasteiger partial charge in [0, 0.05) is 21.9 Å². The number of amides is 1. The monoisotopic (exact) mass is 345 g/mol. The van der Waals surface area contributed by atoms with Crippen molar-refractivity contribution < 1.29 is 9.59 Å². The molecule has 0 bridgehead atoms. The van der Waals surface area contributed by atoms with E-state index < -0.39 is 0 Å². The molecular formula is C18H19NO2S2. The Bertz CT molecular complexity index is 666. The molecular weight excluding hydrogens is 326 g/mol. The standard InChI is InChI=1S/C18H19NO2S2/c1-13(20)15-5-7-16(8-6-15)19-18(21)12-23-11-14-3-9-17(22-2)10-4-14/h3-10H,11-12H2,1-2H3,(H,19,21). The third kappa shape index (κ3) is 5.77. The Morgan fingerprint density at radius 2 is 1.65 bits per heavy atom. The highest BCUT2D eigenvalue weighted by Crippen LogP contribution is 2.18. The van der Waals surface area contributed by atoms with Crippen LogP contribution in [0.1, 0.15) is 22.8 Å². The Morgan fingerprint density at radius 3 is 2.22 bits per heavy atom. The molecule has 0 aliphatic rings. The lowest BCUT2D eigenvalue weighted by Crippen LogP contribution is -2.14. The zero-order chi connectivity index (χ0) is 16.7. The summed E-state index contributed by atoms with van der Waals surface area (Å²) in [7, 11) is 0. The van der Waals surface area contributed by atoms with Crippen molar-refractivity contribution in [3.05, 3.63) is 59.7 Å². The average Bonchev–Trinajstić information content (AvgIpc) is 2.56. The minimum Gasteiger partial charge on any atom is -0.325 e. The van der Waals surface area contributed by atoms with Gasteiger partial charge < -0.3 is 5.32 Å². The van der Waals surface area contributed by atoms with E-state index in [0.717, 1.165) is 5.75 Å². The summed E-state index contributed by atoms with van der Waals surface area (Å²) >= 11 is 3.30. The Morgan fingerprint density at radius 1 is 1.00 bits per heavy atom. The molecule has 0 aliphatic carbocycles. The highest BCUT2D eigenvalue weighted by Gasteiger charge is 2.04. The molecule has 0 saturated heterocycles. The van der Waals surface area contributed by atoms with Gasteiger partial charge in [0.15, 0.2) is 5.78 Å². The van der Waals surface area contributed by atoms with Gasteiger partial charge in [-0.25, -0.2) is 0 Å². The van der Waals surface area contributed by atoms with Crippen molar-refractivity contribution in [2.75, 3.05) is 17.3 Å². The molecule has 0 atom stereocenters. The first kappa shape index (κ1) is 17.6. The highest BCUT2D eigenvalue weighted by atomic mass is 32.2. The van der Waals surface area contributed by atoms with Crippen molar-refractivity contribution in [1.29, 1.82) is 0 Å². The fourth-order valence-corrected chi connectivity index (χ4v) is 3.16. The number of carbonyl (C=O) groups excluding carboxylic acids is 2. The second-order valence-corrected chi connectivity index (χ2v) is 6.89. The number of benzene rings is 2. The largest absolute Gasteiger partial charge is 0.325 e. The first-order valence-electron chi connectivity index (χ1n) is 7.20. The van der Waals surface area contributed by atoms with E-state index in [2.05, 4.69) is 35.8 Å². The van der Waals surface area contributed by atoms with Crippen LogP contribution in [0.25, 0.3) is 0 Å². The summed E-state index contributed by atoms with van der Waals surface area (Å²) in [4.78, 5) is 24.4. The van der Waals surface area contributed by atoms with E-state index in [1.807, 2.05) is 0 Å². The third-order valence-corrected chi connectivity index (χ3v) is 4.98. The molecule has 120 valence electrons. The van der Waals surface area contributed by atoms with Gasteiger partial charge in [-0.05, 0) is 55.1 Å². The molecule has 0 radical (unpaired) electrons. The van der Waals surface area contributed by atoms with Gasteiger partial charge in [0.05, 0.1) is 5.75 Å². The van der Waals surface area contributed by atoms with Crippen LogP contribution in [0.15, 0.2) is 53.4 Å². The zero-order valence-corrected chi connectivity index (χ0v) is 14.8. The molecule has 0 heterocycles.